The van der Waals surface area contributed by atoms with Crippen LogP contribution in [0, 0.1) is 0 Å². The van der Waals surface area contributed by atoms with Gasteiger partial charge in [-0.1, -0.05) is 24.3 Å². The summed E-state index contributed by atoms with van der Waals surface area (Å²) in [5.41, 5.74) is 0.790. The van der Waals surface area contributed by atoms with E-state index in [9.17, 15) is 21.4 Å². The molecule has 0 aliphatic heterocycles. The third-order valence-electron chi connectivity index (χ3n) is 1.76. The Kier molecular flexibility index (Phi) is 6.72. The molecule has 1 aromatic carbocycles. The molecule has 1 rings (SSSR count). The second-order valence-corrected chi connectivity index (χ2v) is 5.97. The van der Waals surface area contributed by atoms with Crippen LogP contribution in [0.3, 0.4) is 0 Å². The molecular formula is C9H9NaO6S2. The van der Waals surface area contributed by atoms with Crippen molar-refractivity contribution in [3.05, 3.63) is 40.8 Å². The van der Waals surface area contributed by atoms with Crippen molar-refractivity contribution in [2.75, 3.05) is 0 Å². The minimum Gasteiger partial charge on any atom is -0.744 e. The molecule has 0 radical (unpaired) electrons. The van der Waals surface area contributed by atoms with E-state index in [4.69, 9.17) is 4.55 Å². The third kappa shape index (κ3) is 7.98. The first-order valence-corrected chi connectivity index (χ1v) is 7.42. The zero-order valence-electron chi connectivity index (χ0n) is 9.48. The maximum absolute atomic E-state index is 10.6. The van der Waals surface area contributed by atoms with E-state index >= 15 is 0 Å². The Morgan fingerprint density at radius 2 is 1.61 bits per heavy atom. The van der Waals surface area contributed by atoms with Gasteiger partial charge in [0.05, 0.1) is 0 Å². The molecule has 0 saturated carbocycles. The summed E-state index contributed by atoms with van der Waals surface area (Å²) in [6.07, 6.45) is 1.10. The smallest absolute Gasteiger partial charge is 0.744 e. The molecule has 0 fully saturated rings. The zero-order chi connectivity index (χ0) is 13.1. The van der Waals surface area contributed by atoms with E-state index in [1.54, 1.807) is 0 Å². The number of hydrogen-bond donors (Lipinski definition) is 1. The van der Waals surface area contributed by atoms with Crippen LogP contribution in [0.5, 0.6) is 0 Å². The van der Waals surface area contributed by atoms with Crippen LogP contribution in [-0.4, -0.2) is 25.9 Å². The van der Waals surface area contributed by atoms with Gasteiger partial charge in [-0.25, -0.2) is 8.42 Å². The van der Waals surface area contributed by atoms with Gasteiger partial charge >= 0.3 is 29.6 Å². The Balaban J connectivity index is 0.00000289. The van der Waals surface area contributed by atoms with E-state index < -0.39 is 26.0 Å². The van der Waals surface area contributed by atoms with Crippen molar-refractivity contribution in [2.45, 2.75) is 5.75 Å². The molecule has 0 spiro atoms. The first-order chi connectivity index (χ1) is 7.66. The molecule has 0 bridgehead atoms. The number of benzene rings is 1. The van der Waals surface area contributed by atoms with E-state index in [1.165, 1.54) is 24.3 Å². The molecular weight excluding hydrogens is 291 g/mol. The summed E-state index contributed by atoms with van der Waals surface area (Å²) in [4.78, 5) is 0. The summed E-state index contributed by atoms with van der Waals surface area (Å²) in [7, 11) is -8.52. The fraction of sp³-hybridized carbons (Fsp3) is 0.111. The molecule has 18 heavy (non-hydrogen) atoms. The number of rotatable bonds is 4. The van der Waals surface area contributed by atoms with E-state index in [-0.39, 0.29) is 29.6 Å². The summed E-state index contributed by atoms with van der Waals surface area (Å²) in [6.45, 7) is 0. The molecule has 0 saturated heterocycles. The maximum Gasteiger partial charge on any atom is 1.00 e. The molecule has 9 heteroatoms. The van der Waals surface area contributed by atoms with Crippen molar-refractivity contribution in [2.24, 2.45) is 0 Å². The molecule has 1 aromatic rings. The molecule has 0 amide bonds. The van der Waals surface area contributed by atoms with Crippen LogP contribution in [-0.2, 0) is 26.0 Å². The molecule has 0 unspecified atom stereocenters. The molecule has 6 nitrogen and oxygen atoms in total. The molecule has 94 valence electrons. The molecule has 0 aliphatic carbocycles. The van der Waals surface area contributed by atoms with Crippen LogP contribution >= 0.6 is 0 Å². The summed E-state index contributed by atoms with van der Waals surface area (Å²) in [5, 5.41) is 0.505. The summed E-state index contributed by atoms with van der Waals surface area (Å²) >= 11 is 0. The van der Waals surface area contributed by atoms with Gasteiger partial charge in [0.15, 0.2) is 0 Å². The minimum atomic E-state index is -4.43. The fourth-order valence-electron chi connectivity index (χ4n) is 1.10. The Morgan fingerprint density at radius 3 is 2.00 bits per heavy atom. The van der Waals surface area contributed by atoms with Crippen molar-refractivity contribution in [3.63, 3.8) is 0 Å². The van der Waals surface area contributed by atoms with Crippen LogP contribution in [0.15, 0.2) is 29.7 Å². The second kappa shape index (κ2) is 6.80. The zero-order valence-corrected chi connectivity index (χ0v) is 13.1. The van der Waals surface area contributed by atoms with Gasteiger partial charge in [0, 0.05) is 5.41 Å². The largest absolute Gasteiger partial charge is 1.00 e. The van der Waals surface area contributed by atoms with Gasteiger partial charge in [0.1, 0.15) is 15.9 Å². The van der Waals surface area contributed by atoms with Gasteiger partial charge in [0.2, 0.25) is 0 Å². The Bertz CT molecular complexity index is 616. The quantitative estimate of drug-likeness (QED) is 0.490. The van der Waals surface area contributed by atoms with Gasteiger partial charge in [-0.15, -0.1) is 0 Å². The van der Waals surface area contributed by atoms with Crippen molar-refractivity contribution in [1.29, 1.82) is 0 Å². The predicted molar refractivity (Wildman–Crippen MR) is 60.4 cm³/mol. The van der Waals surface area contributed by atoms with Gasteiger partial charge in [0.25, 0.3) is 10.1 Å². The summed E-state index contributed by atoms with van der Waals surface area (Å²) in [5.74, 6) is -0.517. The van der Waals surface area contributed by atoms with Gasteiger partial charge in [-0.05, 0) is 17.2 Å². The Morgan fingerprint density at radius 1 is 1.11 bits per heavy atom. The standard InChI is InChI=1S/C9H10O6S2.Na/c10-16(11,12)6-5-8-1-3-9(4-2-8)7-17(13,14)15;/h1-6H,7H2,(H,10,11,12)(H,13,14,15);/q;+1/p-1. The third-order valence-corrected chi connectivity index (χ3v) is 2.92. The van der Waals surface area contributed by atoms with E-state index in [2.05, 4.69) is 0 Å². The van der Waals surface area contributed by atoms with Gasteiger partial charge in [-0.3, -0.25) is 4.55 Å². The number of hydrogen-bond acceptors (Lipinski definition) is 5. The molecule has 1 N–H and O–H groups in total. The molecule has 0 aliphatic rings. The molecule has 0 aromatic heterocycles. The summed E-state index contributed by atoms with van der Waals surface area (Å²) in [6, 6.07) is 5.68. The van der Waals surface area contributed by atoms with Crippen LogP contribution in [0.25, 0.3) is 6.08 Å². The van der Waals surface area contributed by atoms with Gasteiger partial charge in [-0.2, -0.15) is 8.42 Å². The summed E-state index contributed by atoms with van der Waals surface area (Å²) < 4.78 is 60.6. The first-order valence-electron chi connectivity index (χ1n) is 4.34. The SMILES string of the molecule is O=S(=O)([O-])C=Cc1ccc(CS(=O)(=O)O)cc1.[Na+]. The van der Waals surface area contributed by atoms with Crippen molar-refractivity contribution in [1.82, 2.24) is 0 Å². The van der Waals surface area contributed by atoms with E-state index in [0.29, 0.717) is 16.5 Å². The average Bonchev–Trinajstić information content (AvgIpc) is 2.13. The van der Waals surface area contributed by atoms with Crippen LogP contribution in [0.4, 0.5) is 0 Å². The van der Waals surface area contributed by atoms with Gasteiger partial charge < -0.3 is 4.55 Å². The van der Waals surface area contributed by atoms with Crippen molar-refractivity contribution < 1.29 is 55.5 Å². The Hall–Kier alpha value is -0.220. The molecule has 0 heterocycles. The molecule has 0 atom stereocenters. The van der Waals surface area contributed by atoms with E-state index in [0.717, 1.165) is 6.08 Å². The predicted octanol–water partition coefficient (Wildman–Crippen LogP) is -2.41. The minimum absolute atomic E-state index is 0. The maximum atomic E-state index is 10.6. The fourth-order valence-corrected chi connectivity index (χ4v) is 2.03. The average molecular weight is 300 g/mol. The van der Waals surface area contributed by atoms with Crippen LogP contribution in [0.1, 0.15) is 11.1 Å². The van der Waals surface area contributed by atoms with Crippen LogP contribution < -0.4 is 29.6 Å². The topological polar surface area (TPSA) is 112 Å². The van der Waals surface area contributed by atoms with E-state index in [1.807, 2.05) is 0 Å². The Labute approximate surface area is 128 Å². The normalized spacial score (nSPS) is 12.3. The van der Waals surface area contributed by atoms with Crippen molar-refractivity contribution >= 4 is 26.3 Å². The monoisotopic (exact) mass is 300 g/mol. The van der Waals surface area contributed by atoms with Crippen LogP contribution in [0.2, 0.25) is 0 Å². The first kappa shape index (κ1) is 17.8. The van der Waals surface area contributed by atoms with Crippen molar-refractivity contribution in [3.8, 4) is 0 Å². The second-order valence-electron chi connectivity index (χ2n) is 3.26.